The molecule has 2 N–H and O–H groups in total. The maximum Gasteiger partial charge on any atom is 0.270 e. The molecule has 0 bridgehead atoms. The molecular weight excluding hydrogens is 290 g/mol. The molecule has 1 atom stereocenters. The molecule has 120 valence electrons. The van der Waals surface area contributed by atoms with Crippen LogP contribution in [0, 0.1) is 6.92 Å². The van der Waals surface area contributed by atoms with E-state index < -0.39 is 0 Å². The van der Waals surface area contributed by atoms with E-state index in [1.807, 2.05) is 45.0 Å². The Morgan fingerprint density at radius 1 is 1.17 bits per heavy atom. The smallest absolute Gasteiger partial charge is 0.270 e. The molecule has 5 nitrogen and oxygen atoms in total. The lowest BCUT2D eigenvalue weighted by molar-refractivity contribution is 0.0934. The number of benzene rings is 1. The second-order valence-corrected chi connectivity index (χ2v) is 5.48. The monoisotopic (exact) mass is 311 g/mol. The Balaban J connectivity index is 2.14. The van der Waals surface area contributed by atoms with E-state index in [1.54, 1.807) is 6.07 Å². The zero-order chi connectivity index (χ0) is 16.8. The van der Waals surface area contributed by atoms with Crippen LogP contribution in [0.15, 0.2) is 42.6 Å². The van der Waals surface area contributed by atoms with Gasteiger partial charge in [-0.15, -0.1) is 0 Å². The summed E-state index contributed by atoms with van der Waals surface area (Å²) < 4.78 is 0. The van der Waals surface area contributed by atoms with Crippen molar-refractivity contribution in [2.75, 3.05) is 5.32 Å². The fraction of sp³-hybridized carbons (Fsp3) is 0.278. The van der Waals surface area contributed by atoms with Gasteiger partial charge in [-0.1, -0.05) is 25.1 Å². The Hall–Kier alpha value is -2.69. The van der Waals surface area contributed by atoms with Gasteiger partial charge in [0.15, 0.2) is 0 Å². The number of para-hydroxylation sites is 1. The lowest BCUT2D eigenvalue weighted by Gasteiger charge is -2.12. The molecule has 1 unspecified atom stereocenters. The number of pyridine rings is 1. The predicted molar refractivity (Wildman–Crippen MR) is 90.6 cm³/mol. The predicted octanol–water partition coefficient (Wildman–Crippen LogP) is 3.17. The lowest BCUT2D eigenvalue weighted by Crippen LogP contribution is -2.32. The molecule has 2 amide bonds. The summed E-state index contributed by atoms with van der Waals surface area (Å²) in [6, 6.07) is 10.7. The molecule has 1 heterocycles. The molecular formula is C18H21N3O2. The van der Waals surface area contributed by atoms with Crippen LogP contribution in [-0.2, 0) is 0 Å². The van der Waals surface area contributed by atoms with Crippen molar-refractivity contribution >= 4 is 17.5 Å². The highest BCUT2D eigenvalue weighted by molar-refractivity contribution is 6.06. The first-order valence-corrected chi connectivity index (χ1v) is 7.65. The third kappa shape index (κ3) is 4.39. The van der Waals surface area contributed by atoms with E-state index in [9.17, 15) is 9.59 Å². The average molecular weight is 311 g/mol. The van der Waals surface area contributed by atoms with Gasteiger partial charge in [0.05, 0.1) is 0 Å². The summed E-state index contributed by atoms with van der Waals surface area (Å²) in [5, 5.41) is 5.68. The zero-order valence-corrected chi connectivity index (χ0v) is 13.6. The summed E-state index contributed by atoms with van der Waals surface area (Å²) in [6.07, 6.45) is 2.30. The van der Waals surface area contributed by atoms with Gasteiger partial charge in [0.25, 0.3) is 11.8 Å². The van der Waals surface area contributed by atoms with E-state index in [0.29, 0.717) is 5.56 Å². The summed E-state index contributed by atoms with van der Waals surface area (Å²) in [6.45, 7) is 5.84. The van der Waals surface area contributed by atoms with Crippen LogP contribution in [-0.4, -0.2) is 22.8 Å². The molecule has 0 saturated carbocycles. The minimum atomic E-state index is -0.273. The van der Waals surface area contributed by atoms with Crippen molar-refractivity contribution in [3.63, 3.8) is 0 Å². The highest BCUT2D eigenvalue weighted by atomic mass is 16.2. The summed E-state index contributed by atoms with van der Waals surface area (Å²) in [7, 11) is 0. The fourth-order valence-electron chi connectivity index (χ4n) is 2.00. The van der Waals surface area contributed by atoms with E-state index in [1.165, 1.54) is 12.3 Å². The van der Waals surface area contributed by atoms with Crippen LogP contribution in [0.1, 0.15) is 46.7 Å². The maximum atomic E-state index is 12.3. The summed E-state index contributed by atoms with van der Waals surface area (Å²) in [5.74, 6) is -0.538. The topological polar surface area (TPSA) is 71.1 Å². The van der Waals surface area contributed by atoms with Crippen LogP contribution in [0.25, 0.3) is 0 Å². The Bertz CT molecular complexity index is 713. The summed E-state index contributed by atoms with van der Waals surface area (Å²) in [4.78, 5) is 28.5. The number of rotatable bonds is 5. The second-order valence-electron chi connectivity index (χ2n) is 5.48. The minimum absolute atomic E-state index is 0.0637. The van der Waals surface area contributed by atoms with E-state index >= 15 is 0 Å². The van der Waals surface area contributed by atoms with Crippen molar-refractivity contribution in [1.82, 2.24) is 10.3 Å². The van der Waals surface area contributed by atoms with E-state index in [-0.39, 0.29) is 23.6 Å². The van der Waals surface area contributed by atoms with Crippen LogP contribution in [0.5, 0.6) is 0 Å². The summed E-state index contributed by atoms with van der Waals surface area (Å²) >= 11 is 0. The highest BCUT2D eigenvalue weighted by Crippen LogP contribution is 2.15. The van der Waals surface area contributed by atoms with Crippen LogP contribution in [0.2, 0.25) is 0 Å². The van der Waals surface area contributed by atoms with Crippen LogP contribution in [0.3, 0.4) is 0 Å². The van der Waals surface area contributed by atoms with Crippen molar-refractivity contribution in [2.24, 2.45) is 0 Å². The van der Waals surface area contributed by atoms with Gasteiger partial charge in [0.2, 0.25) is 0 Å². The molecule has 2 aromatic rings. The molecule has 0 fully saturated rings. The first-order valence-electron chi connectivity index (χ1n) is 7.65. The Morgan fingerprint density at radius 3 is 2.61 bits per heavy atom. The van der Waals surface area contributed by atoms with Gasteiger partial charge in [-0.2, -0.15) is 0 Å². The van der Waals surface area contributed by atoms with Gasteiger partial charge in [-0.25, -0.2) is 0 Å². The number of anilines is 1. The molecule has 2 rings (SSSR count). The number of nitrogens with zero attached hydrogens (tertiary/aromatic N) is 1. The van der Waals surface area contributed by atoms with Gasteiger partial charge < -0.3 is 10.6 Å². The van der Waals surface area contributed by atoms with Crippen molar-refractivity contribution in [1.29, 1.82) is 0 Å². The standard InChI is InChI=1S/C18H21N3O2/c1-4-13(3)20-18(23)16-11-14(9-10-19-16)17(22)21-15-8-6-5-7-12(15)2/h5-11,13H,4H2,1-3H3,(H,20,23)(H,21,22). The van der Waals surface area contributed by atoms with Gasteiger partial charge in [-0.3, -0.25) is 14.6 Å². The molecule has 1 aromatic carbocycles. The van der Waals surface area contributed by atoms with E-state index in [0.717, 1.165) is 17.7 Å². The molecule has 0 aliphatic carbocycles. The minimum Gasteiger partial charge on any atom is -0.348 e. The first-order chi connectivity index (χ1) is 11.0. The SMILES string of the molecule is CCC(C)NC(=O)c1cc(C(=O)Nc2ccccc2C)ccn1. The number of hydrogen-bond donors (Lipinski definition) is 2. The molecule has 0 radical (unpaired) electrons. The quantitative estimate of drug-likeness (QED) is 0.891. The second kappa shape index (κ2) is 7.54. The number of carbonyl (C=O) groups is 2. The average Bonchev–Trinajstić information content (AvgIpc) is 2.56. The third-order valence-corrected chi connectivity index (χ3v) is 3.64. The zero-order valence-electron chi connectivity index (χ0n) is 13.6. The largest absolute Gasteiger partial charge is 0.348 e. The number of nitrogens with one attached hydrogen (secondary N) is 2. The van der Waals surface area contributed by atoms with Gasteiger partial charge in [-0.05, 0) is 44.0 Å². The summed E-state index contributed by atoms with van der Waals surface area (Å²) in [5.41, 5.74) is 2.37. The Morgan fingerprint density at radius 2 is 1.91 bits per heavy atom. The molecule has 0 aliphatic heterocycles. The number of hydrogen-bond acceptors (Lipinski definition) is 3. The number of carbonyl (C=O) groups excluding carboxylic acids is 2. The van der Waals surface area contributed by atoms with Gasteiger partial charge in [0, 0.05) is 23.5 Å². The molecule has 5 heteroatoms. The van der Waals surface area contributed by atoms with Gasteiger partial charge in [0.1, 0.15) is 5.69 Å². The first kappa shape index (κ1) is 16.7. The van der Waals surface area contributed by atoms with Crippen molar-refractivity contribution in [3.05, 3.63) is 59.4 Å². The van der Waals surface area contributed by atoms with Crippen molar-refractivity contribution in [3.8, 4) is 0 Å². The third-order valence-electron chi connectivity index (χ3n) is 3.64. The Kier molecular flexibility index (Phi) is 5.46. The van der Waals surface area contributed by atoms with Crippen LogP contribution in [0.4, 0.5) is 5.69 Å². The maximum absolute atomic E-state index is 12.3. The molecule has 1 aromatic heterocycles. The van der Waals surface area contributed by atoms with E-state index in [2.05, 4.69) is 15.6 Å². The lowest BCUT2D eigenvalue weighted by atomic mass is 10.1. The Labute approximate surface area is 136 Å². The highest BCUT2D eigenvalue weighted by Gasteiger charge is 2.13. The number of aromatic nitrogens is 1. The number of amides is 2. The van der Waals surface area contributed by atoms with Crippen LogP contribution < -0.4 is 10.6 Å². The van der Waals surface area contributed by atoms with Crippen molar-refractivity contribution in [2.45, 2.75) is 33.2 Å². The molecule has 0 spiro atoms. The molecule has 23 heavy (non-hydrogen) atoms. The van der Waals surface area contributed by atoms with Gasteiger partial charge >= 0.3 is 0 Å². The van der Waals surface area contributed by atoms with Crippen LogP contribution >= 0.6 is 0 Å². The molecule has 0 aliphatic rings. The molecule has 0 saturated heterocycles. The van der Waals surface area contributed by atoms with Crippen molar-refractivity contribution < 1.29 is 9.59 Å². The fourth-order valence-corrected chi connectivity index (χ4v) is 2.00. The van der Waals surface area contributed by atoms with E-state index in [4.69, 9.17) is 0 Å². The number of aryl methyl sites for hydroxylation is 1. The normalized spacial score (nSPS) is 11.6.